The first-order valence-electron chi connectivity index (χ1n) is 8.61. The van der Waals surface area contributed by atoms with E-state index in [0.29, 0.717) is 32.8 Å². The van der Waals surface area contributed by atoms with Crippen LogP contribution in [0.25, 0.3) is 0 Å². The van der Waals surface area contributed by atoms with Crippen LogP contribution in [0.5, 0.6) is 11.5 Å². The van der Waals surface area contributed by atoms with Crippen LogP contribution in [0.2, 0.25) is 0 Å². The minimum Gasteiger partial charge on any atom is -0.486 e. The maximum atomic E-state index is 12.8. The number of fused-ring (bicyclic) bond motifs is 2. The van der Waals surface area contributed by atoms with Gasteiger partial charge in [-0.25, -0.2) is 0 Å². The molecule has 1 aliphatic carbocycles. The van der Waals surface area contributed by atoms with E-state index in [2.05, 4.69) is 0 Å². The monoisotopic (exact) mass is 317 g/mol. The molecule has 1 aromatic rings. The van der Waals surface area contributed by atoms with Gasteiger partial charge in [-0.15, -0.1) is 0 Å². The third-order valence-electron chi connectivity index (χ3n) is 5.01. The average molecular weight is 317 g/mol. The van der Waals surface area contributed by atoms with Crippen LogP contribution in [0.4, 0.5) is 0 Å². The molecule has 0 bridgehead atoms. The Balaban J connectivity index is 1.46. The highest BCUT2D eigenvalue weighted by Gasteiger charge is 2.36. The molecule has 3 aliphatic rings. The molecule has 5 nitrogen and oxygen atoms in total. The van der Waals surface area contributed by atoms with Gasteiger partial charge in [0.05, 0.1) is 25.2 Å². The Labute approximate surface area is 136 Å². The molecule has 0 spiro atoms. The van der Waals surface area contributed by atoms with Crippen LogP contribution in [0.3, 0.4) is 0 Å². The predicted molar refractivity (Wildman–Crippen MR) is 84.8 cm³/mol. The number of carbonyl (C=O) groups excluding carboxylic acids is 1. The molecule has 4 rings (SSSR count). The topological polar surface area (TPSA) is 48.0 Å². The molecule has 0 N–H and O–H groups in total. The molecule has 2 fully saturated rings. The molecule has 23 heavy (non-hydrogen) atoms. The highest BCUT2D eigenvalue weighted by Crippen LogP contribution is 2.32. The van der Waals surface area contributed by atoms with E-state index in [-0.39, 0.29) is 18.1 Å². The van der Waals surface area contributed by atoms with E-state index in [1.807, 2.05) is 23.1 Å². The Hall–Kier alpha value is -1.75. The summed E-state index contributed by atoms with van der Waals surface area (Å²) in [6.07, 6.45) is 5.21. The number of benzene rings is 1. The lowest BCUT2D eigenvalue weighted by atomic mass is 9.90. The Morgan fingerprint density at radius 1 is 1.09 bits per heavy atom. The van der Waals surface area contributed by atoms with Crippen LogP contribution in [0.15, 0.2) is 18.2 Å². The van der Waals surface area contributed by atoms with Gasteiger partial charge in [0.15, 0.2) is 11.5 Å². The van der Waals surface area contributed by atoms with Crippen molar-refractivity contribution in [2.24, 2.45) is 0 Å². The van der Waals surface area contributed by atoms with E-state index in [4.69, 9.17) is 14.2 Å². The van der Waals surface area contributed by atoms with Crippen LogP contribution >= 0.6 is 0 Å². The van der Waals surface area contributed by atoms with E-state index in [9.17, 15) is 4.79 Å². The molecular weight excluding hydrogens is 294 g/mol. The Bertz CT molecular complexity index is 586. The van der Waals surface area contributed by atoms with Crippen molar-refractivity contribution in [2.45, 2.75) is 44.2 Å². The van der Waals surface area contributed by atoms with Crippen LogP contribution in [0, 0.1) is 0 Å². The number of hydrogen-bond acceptors (Lipinski definition) is 4. The summed E-state index contributed by atoms with van der Waals surface area (Å²) >= 11 is 0. The van der Waals surface area contributed by atoms with Crippen molar-refractivity contribution in [3.05, 3.63) is 23.8 Å². The van der Waals surface area contributed by atoms with E-state index in [0.717, 1.165) is 29.9 Å². The summed E-state index contributed by atoms with van der Waals surface area (Å²) in [7, 11) is 0. The molecule has 0 radical (unpaired) electrons. The summed E-state index contributed by atoms with van der Waals surface area (Å²) in [5.74, 6) is 1.71. The Morgan fingerprint density at radius 3 is 2.83 bits per heavy atom. The summed E-state index contributed by atoms with van der Waals surface area (Å²) in [4.78, 5) is 14.8. The zero-order valence-corrected chi connectivity index (χ0v) is 13.3. The second-order valence-corrected chi connectivity index (χ2v) is 6.50. The van der Waals surface area contributed by atoms with Crippen LogP contribution in [0.1, 0.15) is 31.2 Å². The minimum atomic E-state index is 0.196. The van der Waals surface area contributed by atoms with Crippen molar-refractivity contribution < 1.29 is 19.0 Å². The molecule has 1 amide bonds. The summed E-state index contributed by atoms with van der Waals surface area (Å²) in [5, 5.41) is 0. The molecule has 2 heterocycles. The summed E-state index contributed by atoms with van der Waals surface area (Å²) < 4.78 is 17.0. The van der Waals surface area contributed by atoms with Crippen molar-refractivity contribution in [1.82, 2.24) is 4.90 Å². The van der Waals surface area contributed by atoms with Gasteiger partial charge in [0.1, 0.15) is 13.2 Å². The molecule has 124 valence electrons. The van der Waals surface area contributed by atoms with Gasteiger partial charge in [0.2, 0.25) is 5.91 Å². The van der Waals surface area contributed by atoms with Gasteiger partial charge in [0, 0.05) is 6.54 Å². The molecule has 1 aromatic carbocycles. The lowest BCUT2D eigenvalue weighted by Gasteiger charge is -2.43. The van der Waals surface area contributed by atoms with E-state index >= 15 is 0 Å². The first kappa shape index (κ1) is 14.8. The molecule has 5 heteroatoms. The number of nitrogens with zero attached hydrogens (tertiary/aromatic N) is 1. The van der Waals surface area contributed by atoms with Gasteiger partial charge in [0.25, 0.3) is 0 Å². The van der Waals surface area contributed by atoms with Gasteiger partial charge in [-0.2, -0.15) is 0 Å². The van der Waals surface area contributed by atoms with Gasteiger partial charge >= 0.3 is 0 Å². The number of hydrogen-bond donors (Lipinski definition) is 0. The molecule has 0 unspecified atom stereocenters. The van der Waals surface area contributed by atoms with Gasteiger partial charge in [-0.1, -0.05) is 18.9 Å². The first-order valence-corrected chi connectivity index (χ1v) is 8.61. The smallest absolute Gasteiger partial charge is 0.227 e. The second-order valence-electron chi connectivity index (χ2n) is 6.50. The number of morpholine rings is 1. The first-order chi connectivity index (χ1) is 11.3. The summed E-state index contributed by atoms with van der Waals surface area (Å²) in [5.41, 5.74) is 0.984. The van der Waals surface area contributed by atoms with Crippen molar-refractivity contribution in [1.29, 1.82) is 0 Å². The number of carbonyl (C=O) groups is 1. The molecule has 2 aliphatic heterocycles. The Kier molecular flexibility index (Phi) is 4.12. The standard InChI is InChI=1S/C18H23NO4/c20-18(19-7-8-21-15-4-2-1-3-14(15)19)12-13-5-6-16-17(11-13)23-10-9-22-16/h5-6,11,14-15H,1-4,7-10,12H2/t14-,15+/m1/s1. The third kappa shape index (κ3) is 3.02. The highest BCUT2D eigenvalue weighted by atomic mass is 16.6. The molecule has 2 atom stereocenters. The van der Waals surface area contributed by atoms with Crippen molar-refractivity contribution >= 4 is 5.91 Å². The van der Waals surface area contributed by atoms with Gasteiger partial charge in [-0.05, 0) is 30.5 Å². The zero-order valence-electron chi connectivity index (χ0n) is 13.3. The van der Waals surface area contributed by atoms with Crippen molar-refractivity contribution in [3.8, 4) is 11.5 Å². The molecule has 1 saturated heterocycles. The zero-order chi connectivity index (χ0) is 15.6. The van der Waals surface area contributed by atoms with E-state index in [1.54, 1.807) is 0 Å². The highest BCUT2D eigenvalue weighted by molar-refractivity contribution is 5.79. The normalized spacial score (nSPS) is 26.5. The Morgan fingerprint density at radius 2 is 1.91 bits per heavy atom. The van der Waals surface area contributed by atoms with E-state index < -0.39 is 0 Å². The van der Waals surface area contributed by atoms with Crippen LogP contribution in [-0.2, 0) is 16.0 Å². The average Bonchev–Trinajstić information content (AvgIpc) is 2.61. The SMILES string of the molecule is O=C(Cc1ccc2c(c1)OCCO2)N1CCO[C@H]2CCCC[C@H]21. The van der Waals surface area contributed by atoms with Gasteiger partial charge < -0.3 is 19.1 Å². The van der Waals surface area contributed by atoms with E-state index in [1.165, 1.54) is 12.8 Å². The molecular formula is C18H23NO4. The summed E-state index contributed by atoms with van der Waals surface area (Å²) in [6, 6.07) is 6.07. The van der Waals surface area contributed by atoms with Crippen molar-refractivity contribution in [3.63, 3.8) is 0 Å². The number of ether oxygens (including phenoxy) is 3. The van der Waals surface area contributed by atoms with Crippen LogP contribution < -0.4 is 9.47 Å². The maximum Gasteiger partial charge on any atom is 0.227 e. The summed E-state index contributed by atoms with van der Waals surface area (Å²) in [6.45, 7) is 2.53. The lowest BCUT2D eigenvalue weighted by molar-refractivity contribution is -0.148. The minimum absolute atomic E-state index is 0.196. The predicted octanol–water partition coefficient (Wildman–Crippen LogP) is 2.17. The van der Waals surface area contributed by atoms with Gasteiger partial charge in [-0.3, -0.25) is 4.79 Å². The second kappa shape index (κ2) is 6.40. The fourth-order valence-electron chi connectivity index (χ4n) is 3.88. The third-order valence-corrected chi connectivity index (χ3v) is 5.01. The largest absolute Gasteiger partial charge is 0.486 e. The molecule has 1 saturated carbocycles. The fourth-order valence-corrected chi connectivity index (χ4v) is 3.88. The van der Waals surface area contributed by atoms with Crippen molar-refractivity contribution in [2.75, 3.05) is 26.4 Å². The lowest BCUT2D eigenvalue weighted by Crippen LogP contribution is -2.55. The quantitative estimate of drug-likeness (QED) is 0.839. The fraction of sp³-hybridized carbons (Fsp3) is 0.611. The molecule has 0 aromatic heterocycles. The van der Waals surface area contributed by atoms with Crippen LogP contribution in [-0.4, -0.2) is 49.3 Å². The number of rotatable bonds is 2. The maximum absolute atomic E-state index is 12.8. The number of amides is 1.